The maximum absolute atomic E-state index is 12.3. The van der Waals surface area contributed by atoms with Gasteiger partial charge in [0.15, 0.2) is 0 Å². The number of carbonyl (C=O) groups excluding carboxylic acids is 3. The van der Waals surface area contributed by atoms with E-state index >= 15 is 0 Å². The largest absolute Gasteiger partial charge is 0.469 e. The van der Waals surface area contributed by atoms with Crippen LogP contribution < -0.4 is 5.32 Å². The molecule has 9 nitrogen and oxygen atoms in total. The van der Waals surface area contributed by atoms with E-state index in [-0.39, 0.29) is 36.2 Å². The molecule has 0 saturated heterocycles. The number of hydrogen-bond acceptors (Lipinski definition) is 5. The number of nitrogens with zero attached hydrogens (tertiary/aromatic N) is 1. The van der Waals surface area contributed by atoms with Gasteiger partial charge < -0.3 is 15.1 Å². The van der Waals surface area contributed by atoms with Crippen molar-refractivity contribution in [2.24, 2.45) is 11.8 Å². The lowest BCUT2D eigenvalue weighted by Crippen LogP contribution is -2.38. The predicted octanol–water partition coefficient (Wildman–Crippen LogP) is 1.50. The van der Waals surface area contributed by atoms with Gasteiger partial charge in [0.05, 0.1) is 6.61 Å². The SMILES string of the molecule is O=C(NCCCCCCOP(=O)(O)O)C1CCC(CN2C(=O)C=CC2=O)CC1. The number of rotatable bonds is 11. The predicted molar refractivity (Wildman–Crippen MR) is 101 cm³/mol. The lowest BCUT2D eigenvalue weighted by Gasteiger charge is -2.30. The molecule has 2 aliphatic rings. The van der Waals surface area contributed by atoms with Crippen LogP contribution in [-0.2, 0) is 23.5 Å². The topological polar surface area (TPSA) is 133 Å². The van der Waals surface area contributed by atoms with E-state index in [9.17, 15) is 18.9 Å². The summed E-state index contributed by atoms with van der Waals surface area (Å²) in [6, 6.07) is 0. The second kappa shape index (κ2) is 10.9. The van der Waals surface area contributed by atoms with Crippen molar-refractivity contribution in [1.29, 1.82) is 0 Å². The summed E-state index contributed by atoms with van der Waals surface area (Å²) in [5, 5.41) is 2.95. The first-order chi connectivity index (χ1) is 13.3. The molecule has 1 heterocycles. The summed E-state index contributed by atoms with van der Waals surface area (Å²) < 4.78 is 14.9. The maximum Gasteiger partial charge on any atom is 0.469 e. The molecule has 3 amide bonds. The molecule has 0 aromatic carbocycles. The molecular formula is C18H29N2O7P. The van der Waals surface area contributed by atoms with Crippen molar-refractivity contribution < 1.29 is 33.3 Å². The standard InChI is InChI=1S/C18H29N2O7P/c21-16-9-10-17(22)20(16)13-14-5-7-15(8-6-14)18(23)19-11-3-1-2-4-12-27-28(24,25)26/h9-10,14-15H,1-8,11-13H2,(H,19,23)(H2,24,25,26). The van der Waals surface area contributed by atoms with Gasteiger partial charge in [-0.3, -0.25) is 23.8 Å². The number of phosphoric ester groups is 1. The first-order valence-electron chi connectivity index (χ1n) is 9.77. The maximum atomic E-state index is 12.3. The number of carbonyl (C=O) groups is 3. The Labute approximate surface area is 164 Å². The van der Waals surface area contributed by atoms with E-state index in [1.54, 1.807) is 0 Å². The Kier molecular flexibility index (Phi) is 8.82. The zero-order valence-corrected chi connectivity index (χ0v) is 16.8. The highest BCUT2D eigenvalue weighted by molar-refractivity contribution is 7.46. The molecule has 10 heteroatoms. The lowest BCUT2D eigenvalue weighted by molar-refractivity contribution is -0.138. The minimum Gasteiger partial charge on any atom is -0.356 e. The minimum absolute atomic E-state index is 0.0176. The van der Waals surface area contributed by atoms with Crippen molar-refractivity contribution in [3.05, 3.63) is 12.2 Å². The highest BCUT2D eigenvalue weighted by atomic mass is 31.2. The van der Waals surface area contributed by atoms with Gasteiger partial charge in [0.1, 0.15) is 0 Å². The molecule has 1 aliphatic carbocycles. The fourth-order valence-corrected chi connectivity index (χ4v) is 3.96. The zero-order valence-electron chi connectivity index (χ0n) is 15.9. The van der Waals surface area contributed by atoms with Crippen molar-refractivity contribution >= 4 is 25.5 Å². The second-order valence-electron chi connectivity index (χ2n) is 7.37. The molecule has 3 N–H and O–H groups in total. The van der Waals surface area contributed by atoms with Crippen LogP contribution in [-0.4, -0.2) is 52.1 Å². The number of hydrogen-bond donors (Lipinski definition) is 3. The summed E-state index contributed by atoms with van der Waals surface area (Å²) >= 11 is 0. The van der Waals surface area contributed by atoms with E-state index in [0.29, 0.717) is 19.5 Å². The average Bonchev–Trinajstić information content (AvgIpc) is 2.95. The van der Waals surface area contributed by atoms with Gasteiger partial charge in [-0.1, -0.05) is 12.8 Å². The van der Waals surface area contributed by atoms with Gasteiger partial charge >= 0.3 is 7.82 Å². The van der Waals surface area contributed by atoms with Crippen LogP contribution in [0.15, 0.2) is 12.2 Å². The molecule has 0 unspecified atom stereocenters. The van der Waals surface area contributed by atoms with E-state index in [2.05, 4.69) is 9.84 Å². The summed E-state index contributed by atoms with van der Waals surface area (Å²) in [6.07, 6.45) is 8.79. The molecule has 0 spiro atoms. The summed E-state index contributed by atoms with van der Waals surface area (Å²) in [7, 11) is -4.37. The molecular weight excluding hydrogens is 387 g/mol. The number of imide groups is 1. The Balaban J connectivity index is 1.52. The third-order valence-electron chi connectivity index (χ3n) is 5.19. The number of phosphoric acid groups is 1. The van der Waals surface area contributed by atoms with Crippen LogP contribution in [0.4, 0.5) is 0 Å². The molecule has 0 aromatic heterocycles. The molecule has 1 fully saturated rings. The van der Waals surface area contributed by atoms with Crippen LogP contribution in [0.25, 0.3) is 0 Å². The van der Waals surface area contributed by atoms with Crippen molar-refractivity contribution in [2.45, 2.75) is 51.4 Å². The van der Waals surface area contributed by atoms with E-state index in [0.717, 1.165) is 44.9 Å². The van der Waals surface area contributed by atoms with Crippen LogP contribution in [0.5, 0.6) is 0 Å². The third-order valence-corrected chi connectivity index (χ3v) is 5.71. The third kappa shape index (κ3) is 7.83. The molecule has 158 valence electrons. The number of nitrogens with one attached hydrogen (secondary N) is 1. The van der Waals surface area contributed by atoms with Crippen molar-refractivity contribution in [3.8, 4) is 0 Å². The average molecular weight is 416 g/mol. The fraction of sp³-hybridized carbons (Fsp3) is 0.722. The summed E-state index contributed by atoms with van der Waals surface area (Å²) in [4.78, 5) is 53.9. The molecule has 1 saturated carbocycles. The molecule has 0 aromatic rings. The van der Waals surface area contributed by atoms with Crippen LogP contribution >= 0.6 is 7.82 Å². The number of amides is 3. The first kappa shape index (κ1) is 22.7. The molecule has 0 atom stereocenters. The summed E-state index contributed by atoms with van der Waals surface area (Å²) in [5.41, 5.74) is 0. The Morgan fingerprint density at radius 3 is 2.29 bits per heavy atom. The monoisotopic (exact) mass is 416 g/mol. The summed E-state index contributed by atoms with van der Waals surface area (Å²) in [6.45, 7) is 1.05. The molecule has 2 rings (SSSR count). The van der Waals surface area contributed by atoms with E-state index in [1.165, 1.54) is 17.1 Å². The number of unbranched alkanes of at least 4 members (excludes halogenated alkanes) is 3. The van der Waals surface area contributed by atoms with E-state index in [1.807, 2.05) is 0 Å². The molecule has 1 aliphatic heterocycles. The lowest BCUT2D eigenvalue weighted by atomic mass is 9.81. The van der Waals surface area contributed by atoms with Gasteiger partial charge in [-0.15, -0.1) is 0 Å². The zero-order chi connectivity index (χ0) is 20.6. The minimum atomic E-state index is -4.37. The Bertz CT molecular complexity index is 620. The van der Waals surface area contributed by atoms with Crippen molar-refractivity contribution in [1.82, 2.24) is 10.2 Å². The van der Waals surface area contributed by atoms with E-state index < -0.39 is 7.82 Å². The Hall–Kier alpha value is -1.54. The van der Waals surface area contributed by atoms with Gasteiger partial charge in [-0.25, -0.2) is 4.57 Å². The second-order valence-corrected chi connectivity index (χ2v) is 8.61. The van der Waals surface area contributed by atoms with Crippen LogP contribution in [0.1, 0.15) is 51.4 Å². The molecule has 0 bridgehead atoms. The van der Waals surface area contributed by atoms with Crippen LogP contribution in [0, 0.1) is 11.8 Å². The normalized spacial score (nSPS) is 22.7. The van der Waals surface area contributed by atoms with Crippen molar-refractivity contribution in [2.75, 3.05) is 19.7 Å². The highest BCUT2D eigenvalue weighted by Crippen LogP contribution is 2.35. The van der Waals surface area contributed by atoms with Gasteiger partial charge in [-0.05, 0) is 44.4 Å². The molecule has 28 heavy (non-hydrogen) atoms. The highest BCUT2D eigenvalue weighted by Gasteiger charge is 2.31. The van der Waals surface area contributed by atoms with Crippen LogP contribution in [0.2, 0.25) is 0 Å². The Morgan fingerprint density at radius 2 is 1.68 bits per heavy atom. The van der Waals surface area contributed by atoms with Gasteiger partial charge in [0.2, 0.25) is 5.91 Å². The quantitative estimate of drug-likeness (QED) is 0.264. The van der Waals surface area contributed by atoms with Gasteiger partial charge in [-0.2, -0.15) is 0 Å². The van der Waals surface area contributed by atoms with E-state index in [4.69, 9.17) is 9.79 Å². The van der Waals surface area contributed by atoms with Gasteiger partial charge in [0, 0.05) is 31.2 Å². The fourth-order valence-electron chi connectivity index (χ4n) is 3.60. The van der Waals surface area contributed by atoms with Gasteiger partial charge in [0.25, 0.3) is 11.8 Å². The first-order valence-corrected chi connectivity index (χ1v) is 11.3. The Morgan fingerprint density at radius 1 is 1.07 bits per heavy atom. The van der Waals surface area contributed by atoms with Crippen molar-refractivity contribution in [3.63, 3.8) is 0 Å². The smallest absolute Gasteiger partial charge is 0.356 e. The van der Waals surface area contributed by atoms with Crippen LogP contribution in [0.3, 0.4) is 0 Å². The molecule has 0 radical (unpaired) electrons. The summed E-state index contributed by atoms with van der Waals surface area (Å²) in [5.74, 6) is -0.210.